The molecule has 2 aromatic rings. The summed E-state index contributed by atoms with van der Waals surface area (Å²) in [5, 5.41) is 5.88. The molecule has 0 bridgehead atoms. The first-order chi connectivity index (χ1) is 14.8. The fourth-order valence-corrected chi connectivity index (χ4v) is 6.33. The summed E-state index contributed by atoms with van der Waals surface area (Å²) in [6, 6.07) is 8.54. The molecular formula is C25H34N2O2S. The molecule has 1 spiro atoms. The lowest BCUT2D eigenvalue weighted by Crippen LogP contribution is -2.47. The minimum atomic E-state index is 0.0906. The van der Waals surface area contributed by atoms with Crippen molar-refractivity contribution in [1.29, 1.82) is 0 Å². The highest BCUT2D eigenvalue weighted by atomic mass is 32.1. The number of hydrogen-bond acceptors (Lipinski definition) is 5. The molecule has 2 aliphatic carbocycles. The average Bonchev–Trinajstić information content (AvgIpc) is 3.38. The Labute approximate surface area is 184 Å². The Hall–Kier alpha value is -1.43. The molecule has 4 nitrogen and oxygen atoms in total. The molecule has 1 N–H and O–H groups in total. The summed E-state index contributed by atoms with van der Waals surface area (Å²) >= 11 is 1.80. The second-order valence-corrected chi connectivity index (χ2v) is 10.5. The first-order valence-electron chi connectivity index (χ1n) is 11.8. The van der Waals surface area contributed by atoms with E-state index in [9.17, 15) is 0 Å². The van der Waals surface area contributed by atoms with Crippen LogP contribution >= 0.6 is 11.3 Å². The van der Waals surface area contributed by atoms with Crippen LogP contribution < -0.4 is 10.1 Å². The fourth-order valence-electron chi connectivity index (χ4n) is 5.56. The molecular weight excluding hydrogens is 392 g/mol. The highest BCUT2D eigenvalue weighted by Gasteiger charge is 2.48. The summed E-state index contributed by atoms with van der Waals surface area (Å²) in [6.45, 7) is 2.74. The lowest BCUT2D eigenvalue weighted by molar-refractivity contribution is -0.104. The fraction of sp³-hybridized carbons (Fsp3) is 0.640. The third-order valence-corrected chi connectivity index (χ3v) is 8.39. The van der Waals surface area contributed by atoms with Gasteiger partial charge in [-0.1, -0.05) is 18.9 Å². The number of nitrogens with zero attached hydrogens (tertiary/aromatic N) is 1. The summed E-state index contributed by atoms with van der Waals surface area (Å²) in [5.41, 5.74) is 1.47. The van der Waals surface area contributed by atoms with Crippen molar-refractivity contribution >= 4 is 11.3 Å². The standard InChI is InChI=1S/C25H34N2O2S/c1-4-14-27-23(8-1)24(13-16-28-25(19-24)10-2-3-11-25)12-15-26-18-22-21(9-17-30-22)29-20-6-5-7-20/h1,4,8-9,14,17,20,26H,2-3,5-7,10-13,15-16,18-19H2. The zero-order valence-corrected chi connectivity index (χ0v) is 18.7. The maximum Gasteiger partial charge on any atom is 0.134 e. The van der Waals surface area contributed by atoms with Gasteiger partial charge in [0.1, 0.15) is 5.75 Å². The van der Waals surface area contributed by atoms with Crippen LogP contribution in [-0.2, 0) is 16.7 Å². The van der Waals surface area contributed by atoms with E-state index in [1.165, 1.54) is 55.5 Å². The summed E-state index contributed by atoms with van der Waals surface area (Å²) in [7, 11) is 0. The van der Waals surface area contributed by atoms with Gasteiger partial charge in [0.2, 0.25) is 0 Å². The second kappa shape index (κ2) is 8.97. The number of nitrogens with one attached hydrogen (secondary N) is 1. The van der Waals surface area contributed by atoms with Crippen LogP contribution in [0, 0.1) is 0 Å². The lowest BCUT2D eigenvalue weighted by Gasteiger charge is -2.46. The quantitative estimate of drug-likeness (QED) is 0.557. The van der Waals surface area contributed by atoms with Gasteiger partial charge < -0.3 is 14.8 Å². The SMILES string of the molecule is c1ccc(C2(CCNCc3sccc3OC3CCC3)CCOC3(CCCC3)C2)nc1. The normalized spacial score (nSPS) is 26.0. The van der Waals surface area contributed by atoms with Crippen LogP contribution in [0.15, 0.2) is 35.8 Å². The summed E-state index contributed by atoms with van der Waals surface area (Å²) in [6.07, 6.45) is 14.5. The molecule has 162 valence electrons. The van der Waals surface area contributed by atoms with E-state index in [0.29, 0.717) is 6.10 Å². The monoisotopic (exact) mass is 426 g/mol. The van der Waals surface area contributed by atoms with Crippen molar-refractivity contribution in [3.63, 3.8) is 0 Å². The van der Waals surface area contributed by atoms with E-state index in [1.54, 1.807) is 11.3 Å². The van der Waals surface area contributed by atoms with Crippen LogP contribution in [0.25, 0.3) is 0 Å². The molecule has 3 heterocycles. The second-order valence-electron chi connectivity index (χ2n) is 9.47. The topological polar surface area (TPSA) is 43.4 Å². The van der Waals surface area contributed by atoms with Gasteiger partial charge in [-0.2, -0.15) is 0 Å². The third-order valence-electron chi connectivity index (χ3n) is 7.49. The molecule has 3 fully saturated rings. The number of ether oxygens (including phenoxy) is 2. The first-order valence-corrected chi connectivity index (χ1v) is 12.6. The van der Waals surface area contributed by atoms with E-state index in [2.05, 4.69) is 28.9 Å². The molecule has 0 aromatic carbocycles. The van der Waals surface area contributed by atoms with Crippen molar-refractivity contribution in [3.8, 4) is 5.75 Å². The van der Waals surface area contributed by atoms with E-state index in [4.69, 9.17) is 14.5 Å². The number of thiophene rings is 1. The smallest absolute Gasteiger partial charge is 0.134 e. The molecule has 1 unspecified atom stereocenters. The van der Waals surface area contributed by atoms with Gasteiger partial charge >= 0.3 is 0 Å². The van der Waals surface area contributed by atoms with Crippen molar-refractivity contribution in [3.05, 3.63) is 46.4 Å². The van der Waals surface area contributed by atoms with Crippen molar-refractivity contribution in [1.82, 2.24) is 10.3 Å². The Morgan fingerprint density at radius 3 is 2.80 bits per heavy atom. The van der Waals surface area contributed by atoms with Crippen LogP contribution in [0.2, 0.25) is 0 Å². The van der Waals surface area contributed by atoms with Crippen LogP contribution in [-0.4, -0.2) is 29.8 Å². The van der Waals surface area contributed by atoms with E-state index in [0.717, 1.165) is 44.7 Å². The van der Waals surface area contributed by atoms with Gasteiger partial charge in [0, 0.05) is 30.5 Å². The maximum absolute atomic E-state index is 6.37. The molecule has 1 atom stereocenters. The molecule has 30 heavy (non-hydrogen) atoms. The summed E-state index contributed by atoms with van der Waals surface area (Å²) in [5.74, 6) is 1.09. The van der Waals surface area contributed by atoms with Gasteiger partial charge in [-0.15, -0.1) is 11.3 Å². The highest BCUT2D eigenvalue weighted by Crippen LogP contribution is 2.49. The molecule has 5 heteroatoms. The van der Waals surface area contributed by atoms with Gasteiger partial charge in [-0.3, -0.25) is 4.98 Å². The lowest BCUT2D eigenvalue weighted by atomic mass is 9.68. The Balaban J connectivity index is 1.23. The molecule has 2 aromatic heterocycles. The largest absolute Gasteiger partial charge is 0.489 e. The zero-order chi connectivity index (χ0) is 20.3. The Bertz CT molecular complexity index is 814. The number of rotatable bonds is 8. The summed E-state index contributed by atoms with van der Waals surface area (Å²) in [4.78, 5) is 6.15. The van der Waals surface area contributed by atoms with Crippen molar-refractivity contribution in [2.24, 2.45) is 0 Å². The Morgan fingerprint density at radius 2 is 2.03 bits per heavy atom. The minimum Gasteiger partial charge on any atom is -0.489 e. The van der Waals surface area contributed by atoms with E-state index in [1.807, 2.05) is 12.3 Å². The first kappa shape index (κ1) is 20.5. The van der Waals surface area contributed by atoms with Crippen molar-refractivity contribution in [2.75, 3.05) is 13.2 Å². The van der Waals surface area contributed by atoms with Gasteiger partial charge in [0.25, 0.3) is 0 Å². The molecule has 5 rings (SSSR count). The van der Waals surface area contributed by atoms with Crippen molar-refractivity contribution in [2.45, 2.75) is 87.9 Å². The Morgan fingerprint density at radius 1 is 1.13 bits per heavy atom. The van der Waals surface area contributed by atoms with E-state index < -0.39 is 0 Å². The Kier molecular flexibility index (Phi) is 6.12. The predicted molar refractivity (Wildman–Crippen MR) is 121 cm³/mol. The molecule has 1 aliphatic heterocycles. The molecule has 0 radical (unpaired) electrons. The highest BCUT2D eigenvalue weighted by molar-refractivity contribution is 7.10. The van der Waals surface area contributed by atoms with Crippen LogP contribution in [0.4, 0.5) is 0 Å². The van der Waals surface area contributed by atoms with Gasteiger partial charge in [-0.05, 0) is 81.5 Å². The molecule has 1 saturated heterocycles. The van der Waals surface area contributed by atoms with E-state index in [-0.39, 0.29) is 11.0 Å². The average molecular weight is 427 g/mol. The number of hydrogen-bond donors (Lipinski definition) is 1. The molecule has 3 aliphatic rings. The third kappa shape index (κ3) is 4.30. The van der Waals surface area contributed by atoms with Crippen LogP contribution in [0.3, 0.4) is 0 Å². The van der Waals surface area contributed by atoms with Crippen LogP contribution in [0.5, 0.6) is 5.75 Å². The molecule has 2 saturated carbocycles. The van der Waals surface area contributed by atoms with Crippen molar-refractivity contribution < 1.29 is 9.47 Å². The van der Waals surface area contributed by atoms with Crippen LogP contribution in [0.1, 0.15) is 74.8 Å². The molecule has 0 amide bonds. The van der Waals surface area contributed by atoms with Gasteiger partial charge in [-0.25, -0.2) is 0 Å². The van der Waals surface area contributed by atoms with E-state index >= 15 is 0 Å². The van der Waals surface area contributed by atoms with Gasteiger partial charge in [0.15, 0.2) is 0 Å². The van der Waals surface area contributed by atoms with Gasteiger partial charge in [0.05, 0.1) is 16.6 Å². The predicted octanol–water partition coefficient (Wildman–Crippen LogP) is 5.62. The summed E-state index contributed by atoms with van der Waals surface area (Å²) < 4.78 is 12.5. The number of aromatic nitrogens is 1. The minimum absolute atomic E-state index is 0.0906. The zero-order valence-electron chi connectivity index (χ0n) is 17.9. The maximum atomic E-state index is 6.37. The number of pyridine rings is 1.